The van der Waals surface area contributed by atoms with Gasteiger partial charge in [-0.05, 0) is 0 Å². The third kappa shape index (κ3) is 7.70. The molecule has 4 heteroatoms. The zero-order valence-electron chi connectivity index (χ0n) is 6.50. The van der Waals surface area contributed by atoms with Crippen molar-refractivity contribution in [1.82, 2.24) is 0 Å². The van der Waals surface area contributed by atoms with E-state index in [9.17, 15) is 0 Å². The monoisotopic (exact) mass is 164 g/mol. The number of aliphatic hydroxyl groups excluding tert-OH is 1. The second kappa shape index (κ2) is 4.51. The Morgan fingerprint density at radius 1 is 1.50 bits per heavy atom. The molecule has 0 aliphatic heterocycles. The van der Waals surface area contributed by atoms with Gasteiger partial charge in [-0.1, -0.05) is 0 Å². The maximum absolute atomic E-state index is 8.82. The van der Waals surface area contributed by atoms with E-state index in [0.29, 0.717) is 11.0 Å². The average molecular weight is 165 g/mol. The van der Waals surface area contributed by atoms with Crippen molar-refractivity contribution in [3.05, 3.63) is 0 Å². The van der Waals surface area contributed by atoms with Crippen molar-refractivity contribution >= 4 is 0 Å². The molecule has 0 aliphatic carbocycles. The van der Waals surface area contributed by atoms with Crippen LogP contribution in [0.5, 0.6) is 0 Å². The van der Waals surface area contributed by atoms with Gasteiger partial charge < -0.3 is 22.0 Å². The molecule has 0 aromatic rings. The van der Waals surface area contributed by atoms with E-state index in [4.69, 9.17) is 10.4 Å². The molecular formula is C6H13ClN2O. The van der Waals surface area contributed by atoms with Gasteiger partial charge in [0, 0.05) is 0 Å². The van der Waals surface area contributed by atoms with Crippen molar-refractivity contribution in [3.8, 4) is 6.07 Å². The summed E-state index contributed by atoms with van der Waals surface area (Å²) in [5.41, 5.74) is 0. The molecule has 0 bridgehead atoms. The molecule has 1 atom stereocenters. The summed E-state index contributed by atoms with van der Waals surface area (Å²) < 4.78 is 0.620. The Bertz CT molecular complexity index is 125. The Hall–Kier alpha value is -0.300. The van der Waals surface area contributed by atoms with Gasteiger partial charge >= 0.3 is 0 Å². The van der Waals surface area contributed by atoms with Crippen molar-refractivity contribution in [2.24, 2.45) is 0 Å². The summed E-state index contributed by atoms with van der Waals surface area (Å²) >= 11 is 0. The largest absolute Gasteiger partial charge is 1.00 e. The molecule has 0 fully saturated rings. The van der Waals surface area contributed by atoms with Crippen molar-refractivity contribution in [1.29, 1.82) is 5.26 Å². The van der Waals surface area contributed by atoms with E-state index in [-0.39, 0.29) is 12.4 Å². The number of nitrogens with zero attached hydrogens (tertiary/aromatic N) is 2. The summed E-state index contributed by atoms with van der Waals surface area (Å²) in [5, 5.41) is 17.0. The molecule has 0 aliphatic rings. The second-order valence-electron chi connectivity index (χ2n) is 3.12. The smallest absolute Gasteiger partial charge is 0.189 e. The Morgan fingerprint density at radius 2 is 1.90 bits per heavy atom. The van der Waals surface area contributed by atoms with E-state index in [1.165, 1.54) is 0 Å². The third-order valence-electron chi connectivity index (χ3n) is 0.870. The number of hydrogen-bond acceptors (Lipinski definition) is 2. The van der Waals surface area contributed by atoms with E-state index in [0.717, 1.165) is 0 Å². The molecule has 0 saturated heterocycles. The lowest BCUT2D eigenvalue weighted by Gasteiger charge is -2.23. The molecule has 1 N–H and O–H groups in total. The topological polar surface area (TPSA) is 44.0 Å². The third-order valence-corrected chi connectivity index (χ3v) is 0.870. The van der Waals surface area contributed by atoms with Crippen molar-refractivity contribution in [3.63, 3.8) is 0 Å². The molecule has 0 aromatic carbocycles. The van der Waals surface area contributed by atoms with Gasteiger partial charge in [0.05, 0.1) is 21.1 Å². The number of nitriles is 1. The highest BCUT2D eigenvalue weighted by Gasteiger charge is 2.13. The van der Waals surface area contributed by atoms with Crippen LogP contribution in [0.1, 0.15) is 0 Å². The first kappa shape index (κ1) is 12.4. The minimum Gasteiger partial charge on any atom is -1.00 e. The minimum atomic E-state index is -0.829. The summed E-state index contributed by atoms with van der Waals surface area (Å²) in [4.78, 5) is 0. The van der Waals surface area contributed by atoms with Crippen LogP contribution < -0.4 is 12.4 Å². The van der Waals surface area contributed by atoms with E-state index in [1.54, 1.807) is 6.07 Å². The van der Waals surface area contributed by atoms with Gasteiger partial charge in [-0.15, -0.1) is 0 Å². The van der Waals surface area contributed by atoms with Crippen LogP contribution in [0.25, 0.3) is 0 Å². The quantitative estimate of drug-likeness (QED) is 0.341. The van der Waals surface area contributed by atoms with Gasteiger partial charge in [0.25, 0.3) is 0 Å². The fourth-order valence-electron chi connectivity index (χ4n) is 0.560. The highest BCUT2D eigenvalue weighted by Crippen LogP contribution is 1.92. The Balaban J connectivity index is 0. The second-order valence-corrected chi connectivity index (χ2v) is 3.12. The van der Waals surface area contributed by atoms with Gasteiger partial charge in [0.1, 0.15) is 12.6 Å². The van der Waals surface area contributed by atoms with Crippen molar-refractivity contribution < 1.29 is 22.0 Å². The molecule has 0 saturated carbocycles. The lowest BCUT2D eigenvalue weighted by Crippen LogP contribution is -3.00. The van der Waals surface area contributed by atoms with Crippen molar-refractivity contribution in [2.75, 3.05) is 27.7 Å². The molecule has 0 spiro atoms. The molecule has 3 nitrogen and oxygen atoms in total. The van der Waals surface area contributed by atoms with E-state index < -0.39 is 6.10 Å². The normalized spacial score (nSPS) is 13.1. The van der Waals surface area contributed by atoms with Gasteiger partial charge in [-0.3, -0.25) is 0 Å². The summed E-state index contributed by atoms with van der Waals surface area (Å²) in [7, 11) is 5.79. The fraction of sp³-hybridized carbons (Fsp3) is 0.833. The number of hydrogen-bond donors (Lipinski definition) is 1. The minimum absolute atomic E-state index is 0. The van der Waals surface area contributed by atoms with Crippen LogP contribution in [-0.2, 0) is 0 Å². The molecule has 10 heavy (non-hydrogen) atoms. The Kier molecular flexibility index (Phi) is 5.58. The SMILES string of the molecule is C[N+](C)(C)CC(O)C#N.[Cl-]. The van der Waals surface area contributed by atoms with Crippen LogP contribution in [0.15, 0.2) is 0 Å². The van der Waals surface area contributed by atoms with Gasteiger partial charge in [-0.25, -0.2) is 0 Å². The number of likely N-dealkylation sites (N-methyl/N-ethyl adjacent to an activating group) is 1. The zero-order valence-corrected chi connectivity index (χ0v) is 7.26. The lowest BCUT2D eigenvalue weighted by molar-refractivity contribution is -0.872. The van der Waals surface area contributed by atoms with E-state index in [2.05, 4.69) is 0 Å². The van der Waals surface area contributed by atoms with Crippen LogP contribution in [-0.4, -0.2) is 43.4 Å². The highest BCUT2D eigenvalue weighted by molar-refractivity contribution is 4.80. The van der Waals surface area contributed by atoms with Crippen molar-refractivity contribution in [2.45, 2.75) is 6.10 Å². The van der Waals surface area contributed by atoms with Gasteiger partial charge in [0.15, 0.2) is 6.10 Å². The molecular weight excluding hydrogens is 152 g/mol. The van der Waals surface area contributed by atoms with E-state index >= 15 is 0 Å². The summed E-state index contributed by atoms with van der Waals surface area (Å²) in [6, 6.07) is 1.76. The predicted molar refractivity (Wildman–Crippen MR) is 34.5 cm³/mol. The molecule has 0 radical (unpaired) electrons. The summed E-state index contributed by atoms with van der Waals surface area (Å²) in [6.45, 7) is 0.483. The first-order chi connectivity index (χ1) is 3.95. The maximum Gasteiger partial charge on any atom is 0.189 e. The predicted octanol–water partition coefficient (Wildman–Crippen LogP) is -3.42. The number of halogens is 1. The lowest BCUT2D eigenvalue weighted by atomic mass is 10.3. The first-order valence-electron chi connectivity index (χ1n) is 2.84. The van der Waals surface area contributed by atoms with Crippen LogP contribution in [0.3, 0.4) is 0 Å². The van der Waals surface area contributed by atoms with Gasteiger partial charge in [0.2, 0.25) is 0 Å². The average Bonchev–Trinajstić information content (AvgIpc) is 1.62. The van der Waals surface area contributed by atoms with Gasteiger partial charge in [-0.2, -0.15) is 5.26 Å². The van der Waals surface area contributed by atoms with E-state index in [1.807, 2.05) is 21.1 Å². The van der Waals surface area contributed by atoms with Crippen LogP contribution in [0.2, 0.25) is 0 Å². The molecule has 1 unspecified atom stereocenters. The molecule has 0 aromatic heterocycles. The first-order valence-corrected chi connectivity index (χ1v) is 2.84. The van der Waals surface area contributed by atoms with Crippen LogP contribution >= 0.6 is 0 Å². The zero-order chi connectivity index (χ0) is 7.49. The fourth-order valence-corrected chi connectivity index (χ4v) is 0.560. The summed E-state index contributed by atoms with van der Waals surface area (Å²) in [6.07, 6.45) is -0.829. The molecule has 60 valence electrons. The highest BCUT2D eigenvalue weighted by atomic mass is 35.5. The molecule has 0 amide bonds. The Labute approximate surface area is 67.9 Å². The Morgan fingerprint density at radius 3 is 2.00 bits per heavy atom. The van der Waals surface area contributed by atoms with Crippen LogP contribution in [0, 0.1) is 11.3 Å². The van der Waals surface area contributed by atoms with Crippen LogP contribution in [0.4, 0.5) is 0 Å². The number of quaternary nitrogens is 1. The molecule has 0 rings (SSSR count). The summed E-state index contributed by atoms with van der Waals surface area (Å²) in [5.74, 6) is 0. The molecule has 0 heterocycles. The maximum atomic E-state index is 8.82. The number of aliphatic hydroxyl groups is 1. The standard InChI is InChI=1S/C6H13N2O.ClH/c1-8(2,3)5-6(9)4-7;/h6,9H,5H2,1-3H3;1H/q+1;/p-1. The number of rotatable bonds is 2.